The zero-order chi connectivity index (χ0) is 18.6. The number of likely N-dealkylation sites (tertiary alicyclic amines) is 1. The summed E-state index contributed by atoms with van der Waals surface area (Å²) in [4.78, 5) is 14.8. The fraction of sp³-hybridized carbons (Fsp3) is 0.571. The van der Waals surface area contributed by atoms with Gasteiger partial charge in [-0.1, -0.05) is 30.7 Å². The third kappa shape index (κ3) is 4.75. The van der Waals surface area contributed by atoms with E-state index in [1.165, 1.54) is 5.56 Å². The summed E-state index contributed by atoms with van der Waals surface area (Å²) < 4.78 is 7.63. The number of carbonyl (C=O) groups excluding carboxylic acids is 1. The quantitative estimate of drug-likeness (QED) is 0.474. The molecule has 1 aromatic heterocycles. The number of Topliss-reactive ketones (excluding diaryl/α,β-unsaturated/α-hetero) is 1. The first-order valence-electron chi connectivity index (χ1n) is 10.1. The monoisotopic (exact) mass is 368 g/mol. The van der Waals surface area contributed by atoms with Gasteiger partial charge in [0.25, 0.3) is 0 Å². The lowest BCUT2D eigenvalue weighted by Gasteiger charge is -2.39. The summed E-state index contributed by atoms with van der Waals surface area (Å²) in [5.74, 6) is 1.50. The maximum Gasteiger partial charge on any atom is 0.185 e. The molecular formula is C21H28N4O2. The largest absolute Gasteiger partial charge is 0.494 e. The molecule has 1 saturated heterocycles. The Bertz CT molecular complexity index is 778. The molecule has 6 heteroatoms. The molecule has 1 aliphatic carbocycles. The molecule has 1 aliphatic heterocycles. The zero-order valence-electron chi connectivity index (χ0n) is 16.0. The molecule has 0 unspecified atom stereocenters. The highest BCUT2D eigenvalue weighted by molar-refractivity contribution is 5.94. The Morgan fingerprint density at radius 3 is 2.93 bits per heavy atom. The SMILES string of the molecule is CCCCOc1cccc(CN2CC(CC(=O)c3cn(C4CC4)nn3)C2)c1. The van der Waals surface area contributed by atoms with Gasteiger partial charge in [-0.15, -0.1) is 5.10 Å². The van der Waals surface area contributed by atoms with Crippen molar-refractivity contribution in [1.82, 2.24) is 19.9 Å². The molecule has 0 atom stereocenters. The van der Waals surface area contributed by atoms with E-state index in [9.17, 15) is 4.79 Å². The van der Waals surface area contributed by atoms with Crippen LogP contribution in [0.3, 0.4) is 0 Å². The number of ether oxygens (including phenoxy) is 1. The maximum atomic E-state index is 12.4. The number of ketones is 1. The summed E-state index contributed by atoms with van der Waals surface area (Å²) in [5, 5.41) is 8.13. The van der Waals surface area contributed by atoms with Gasteiger partial charge in [0.15, 0.2) is 5.78 Å². The van der Waals surface area contributed by atoms with Gasteiger partial charge in [0, 0.05) is 26.1 Å². The number of hydrogen-bond donors (Lipinski definition) is 0. The lowest BCUT2D eigenvalue weighted by Crippen LogP contribution is -2.46. The Morgan fingerprint density at radius 1 is 1.30 bits per heavy atom. The third-order valence-electron chi connectivity index (χ3n) is 5.30. The van der Waals surface area contributed by atoms with Gasteiger partial charge in [0.1, 0.15) is 11.4 Å². The summed E-state index contributed by atoms with van der Waals surface area (Å²) in [7, 11) is 0. The van der Waals surface area contributed by atoms with Gasteiger partial charge in [-0.2, -0.15) is 0 Å². The van der Waals surface area contributed by atoms with Crippen LogP contribution < -0.4 is 4.74 Å². The molecule has 0 amide bonds. The van der Waals surface area contributed by atoms with Crippen LogP contribution in [0.25, 0.3) is 0 Å². The molecule has 0 N–H and O–H groups in total. The van der Waals surface area contributed by atoms with E-state index in [0.29, 0.717) is 24.1 Å². The Labute approximate surface area is 160 Å². The highest BCUT2D eigenvalue weighted by atomic mass is 16.5. The van der Waals surface area contributed by atoms with Crippen molar-refractivity contribution in [2.45, 2.75) is 51.6 Å². The number of nitrogens with zero attached hydrogens (tertiary/aromatic N) is 4. The minimum Gasteiger partial charge on any atom is -0.494 e. The molecular weight excluding hydrogens is 340 g/mol. The van der Waals surface area contributed by atoms with Crippen molar-refractivity contribution in [3.05, 3.63) is 41.7 Å². The Kier molecular flexibility index (Phi) is 5.53. The summed E-state index contributed by atoms with van der Waals surface area (Å²) in [6, 6.07) is 8.82. The van der Waals surface area contributed by atoms with Crippen LogP contribution in [0.2, 0.25) is 0 Å². The second-order valence-corrected chi connectivity index (χ2v) is 7.85. The Hall–Kier alpha value is -2.21. The van der Waals surface area contributed by atoms with Crippen molar-refractivity contribution in [3.8, 4) is 5.75 Å². The molecule has 27 heavy (non-hydrogen) atoms. The van der Waals surface area contributed by atoms with Gasteiger partial charge in [0.05, 0.1) is 18.8 Å². The maximum absolute atomic E-state index is 12.4. The number of unbranched alkanes of at least 4 members (excludes halogenated alkanes) is 1. The van der Waals surface area contributed by atoms with Gasteiger partial charge in [-0.25, -0.2) is 4.68 Å². The molecule has 2 fully saturated rings. The lowest BCUT2D eigenvalue weighted by molar-refractivity contribution is 0.0701. The molecule has 0 spiro atoms. The van der Waals surface area contributed by atoms with Crippen LogP contribution in [-0.2, 0) is 6.54 Å². The van der Waals surface area contributed by atoms with E-state index >= 15 is 0 Å². The van der Waals surface area contributed by atoms with E-state index in [1.54, 1.807) is 0 Å². The summed E-state index contributed by atoms with van der Waals surface area (Å²) in [6.07, 6.45) is 6.92. The van der Waals surface area contributed by atoms with Crippen molar-refractivity contribution in [2.24, 2.45) is 5.92 Å². The van der Waals surface area contributed by atoms with Crippen LogP contribution >= 0.6 is 0 Å². The molecule has 2 aromatic rings. The highest BCUT2D eigenvalue weighted by Gasteiger charge is 2.30. The third-order valence-corrected chi connectivity index (χ3v) is 5.30. The highest BCUT2D eigenvalue weighted by Crippen LogP contribution is 2.34. The number of hydrogen-bond acceptors (Lipinski definition) is 5. The van der Waals surface area contributed by atoms with Crippen molar-refractivity contribution in [2.75, 3.05) is 19.7 Å². The standard InChI is InChI=1S/C21H28N4O2/c1-2-3-9-27-19-6-4-5-16(10-19)12-24-13-17(14-24)11-21(26)20-15-25(23-22-20)18-7-8-18/h4-6,10,15,17-18H,2-3,7-9,11-14H2,1H3. The van der Waals surface area contributed by atoms with E-state index < -0.39 is 0 Å². The van der Waals surface area contributed by atoms with E-state index in [1.807, 2.05) is 16.9 Å². The van der Waals surface area contributed by atoms with Crippen LogP contribution in [0.1, 0.15) is 61.1 Å². The molecule has 1 aromatic carbocycles. The second kappa shape index (κ2) is 8.21. The smallest absolute Gasteiger partial charge is 0.185 e. The lowest BCUT2D eigenvalue weighted by atomic mass is 9.93. The molecule has 0 radical (unpaired) electrons. The second-order valence-electron chi connectivity index (χ2n) is 7.85. The average Bonchev–Trinajstić information content (AvgIpc) is 3.37. The summed E-state index contributed by atoms with van der Waals surface area (Å²) in [5.41, 5.74) is 1.79. The van der Waals surface area contributed by atoms with Gasteiger partial charge in [-0.3, -0.25) is 9.69 Å². The van der Waals surface area contributed by atoms with Crippen LogP contribution in [0.15, 0.2) is 30.5 Å². The predicted molar refractivity (Wildman–Crippen MR) is 103 cm³/mol. The summed E-state index contributed by atoms with van der Waals surface area (Å²) >= 11 is 0. The molecule has 2 aliphatic rings. The van der Waals surface area contributed by atoms with Gasteiger partial charge in [0.2, 0.25) is 0 Å². The number of carbonyl (C=O) groups is 1. The van der Waals surface area contributed by atoms with Crippen molar-refractivity contribution >= 4 is 5.78 Å². The van der Waals surface area contributed by atoms with Crippen LogP contribution in [0, 0.1) is 5.92 Å². The molecule has 2 heterocycles. The molecule has 4 rings (SSSR count). The van der Waals surface area contributed by atoms with Crippen LogP contribution in [0.5, 0.6) is 5.75 Å². The fourth-order valence-corrected chi connectivity index (χ4v) is 3.55. The predicted octanol–water partition coefficient (Wildman–Crippen LogP) is 3.50. The van der Waals surface area contributed by atoms with E-state index in [0.717, 1.165) is 57.7 Å². The van der Waals surface area contributed by atoms with Crippen LogP contribution in [0.4, 0.5) is 0 Å². The topological polar surface area (TPSA) is 60.2 Å². The van der Waals surface area contributed by atoms with E-state index in [2.05, 4.69) is 40.3 Å². The first-order valence-corrected chi connectivity index (χ1v) is 10.1. The van der Waals surface area contributed by atoms with Crippen molar-refractivity contribution < 1.29 is 9.53 Å². The first kappa shape index (κ1) is 18.2. The molecule has 144 valence electrons. The summed E-state index contributed by atoms with van der Waals surface area (Å²) in [6.45, 7) is 5.78. The molecule has 1 saturated carbocycles. The minimum absolute atomic E-state index is 0.123. The number of benzene rings is 1. The number of rotatable bonds is 10. The van der Waals surface area contributed by atoms with Crippen molar-refractivity contribution in [3.63, 3.8) is 0 Å². The van der Waals surface area contributed by atoms with Gasteiger partial charge < -0.3 is 4.74 Å². The Morgan fingerprint density at radius 2 is 2.15 bits per heavy atom. The number of aromatic nitrogens is 3. The van der Waals surface area contributed by atoms with E-state index in [4.69, 9.17) is 4.74 Å². The van der Waals surface area contributed by atoms with E-state index in [-0.39, 0.29) is 5.78 Å². The average molecular weight is 368 g/mol. The first-order chi connectivity index (χ1) is 13.2. The van der Waals surface area contributed by atoms with Gasteiger partial charge >= 0.3 is 0 Å². The van der Waals surface area contributed by atoms with Gasteiger partial charge in [-0.05, 0) is 42.9 Å². The minimum atomic E-state index is 0.123. The molecule has 6 nitrogen and oxygen atoms in total. The fourth-order valence-electron chi connectivity index (χ4n) is 3.55. The van der Waals surface area contributed by atoms with Crippen LogP contribution in [-0.4, -0.2) is 45.4 Å². The molecule has 0 bridgehead atoms. The van der Waals surface area contributed by atoms with Crippen molar-refractivity contribution in [1.29, 1.82) is 0 Å². The Balaban J connectivity index is 1.21. The zero-order valence-corrected chi connectivity index (χ0v) is 16.0. The normalized spacial score (nSPS) is 17.7.